The highest BCUT2D eigenvalue weighted by atomic mass is 19.1. The van der Waals surface area contributed by atoms with Crippen LogP contribution in [0.2, 0.25) is 0 Å². The molecule has 0 saturated carbocycles. The molecule has 3 rings (SSSR count). The second kappa shape index (κ2) is 9.48. The number of carbonyl (C=O) groups is 3. The summed E-state index contributed by atoms with van der Waals surface area (Å²) in [7, 11) is 0. The number of rotatable bonds is 7. The maximum absolute atomic E-state index is 13.0. The molecule has 6 nitrogen and oxygen atoms in total. The van der Waals surface area contributed by atoms with Crippen molar-refractivity contribution in [2.45, 2.75) is 38.6 Å². The Morgan fingerprint density at radius 1 is 1.04 bits per heavy atom. The van der Waals surface area contributed by atoms with Gasteiger partial charge in [0.15, 0.2) is 0 Å². The zero-order valence-corrected chi connectivity index (χ0v) is 16.0. The lowest BCUT2D eigenvalue weighted by Gasteiger charge is -2.33. The van der Waals surface area contributed by atoms with Crippen LogP contribution in [-0.2, 0) is 20.9 Å². The Balaban J connectivity index is 1.44. The summed E-state index contributed by atoms with van der Waals surface area (Å²) in [5, 5.41) is 2.83. The molecular weight excluding hydrogens is 361 g/mol. The highest BCUT2D eigenvalue weighted by Gasteiger charge is 2.33. The average molecular weight is 387 g/mol. The zero-order valence-electron chi connectivity index (χ0n) is 16.0. The topological polar surface area (TPSA) is 69.7 Å². The molecule has 1 fully saturated rings. The van der Waals surface area contributed by atoms with Crippen LogP contribution in [0.25, 0.3) is 0 Å². The Morgan fingerprint density at radius 3 is 2.46 bits per heavy atom. The fourth-order valence-corrected chi connectivity index (χ4v) is 3.55. The molecule has 3 amide bonds. The van der Waals surface area contributed by atoms with Crippen LogP contribution in [0.3, 0.4) is 0 Å². The SMILES string of the molecule is O=C(CN1CCN(Cc2ccc(F)cc2)C(=O)C1=O)NCCC1=CCCCC1. The van der Waals surface area contributed by atoms with Crippen LogP contribution in [0.1, 0.15) is 37.7 Å². The maximum Gasteiger partial charge on any atom is 0.312 e. The summed E-state index contributed by atoms with van der Waals surface area (Å²) < 4.78 is 13.0. The molecule has 0 unspecified atom stereocenters. The molecule has 1 aliphatic heterocycles. The second-order valence-corrected chi connectivity index (χ2v) is 7.29. The number of hydrogen-bond acceptors (Lipinski definition) is 3. The van der Waals surface area contributed by atoms with Gasteiger partial charge in [0.25, 0.3) is 0 Å². The third-order valence-corrected chi connectivity index (χ3v) is 5.17. The van der Waals surface area contributed by atoms with Crippen LogP contribution in [0.5, 0.6) is 0 Å². The minimum absolute atomic E-state index is 0.103. The van der Waals surface area contributed by atoms with Gasteiger partial charge in [0.2, 0.25) is 5.91 Å². The molecule has 1 aromatic carbocycles. The smallest absolute Gasteiger partial charge is 0.312 e. The van der Waals surface area contributed by atoms with Gasteiger partial charge in [-0.25, -0.2) is 4.39 Å². The number of hydrogen-bond donors (Lipinski definition) is 1. The van der Waals surface area contributed by atoms with Crippen molar-refractivity contribution in [2.75, 3.05) is 26.2 Å². The molecule has 1 heterocycles. The van der Waals surface area contributed by atoms with Crippen molar-refractivity contribution in [3.8, 4) is 0 Å². The molecule has 2 aliphatic rings. The van der Waals surface area contributed by atoms with E-state index >= 15 is 0 Å². The van der Waals surface area contributed by atoms with Gasteiger partial charge < -0.3 is 15.1 Å². The lowest BCUT2D eigenvalue weighted by molar-refractivity contribution is -0.157. The summed E-state index contributed by atoms with van der Waals surface area (Å²) in [5.41, 5.74) is 2.14. The molecule has 0 radical (unpaired) electrons. The first kappa shape index (κ1) is 20.0. The van der Waals surface area contributed by atoms with Crippen molar-refractivity contribution in [1.82, 2.24) is 15.1 Å². The van der Waals surface area contributed by atoms with E-state index in [4.69, 9.17) is 0 Å². The van der Waals surface area contributed by atoms with E-state index in [1.54, 1.807) is 12.1 Å². The summed E-state index contributed by atoms with van der Waals surface area (Å²) in [6.45, 7) is 1.36. The molecule has 1 saturated heterocycles. The average Bonchev–Trinajstić information content (AvgIpc) is 2.70. The molecule has 150 valence electrons. The fraction of sp³-hybridized carbons (Fsp3) is 0.476. The van der Waals surface area contributed by atoms with Gasteiger partial charge in [-0.15, -0.1) is 0 Å². The lowest BCUT2D eigenvalue weighted by Crippen LogP contribution is -2.56. The van der Waals surface area contributed by atoms with E-state index in [1.165, 1.54) is 40.3 Å². The molecular formula is C21H26FN3O3. The first-order chi connectivity index (χ1) is 13.5. The highest BCUT2D eigenvalue weighted by Crippen LogP contribution is 2.19. The number of nitrogens with zero attached hydrogens (tertiary/aromatic N) is 2. The Kier molecular flexibility index (Phi) is 6.79. The third-order valence-electron chi connectivity index (χ3n) is 5.17. The molecule has 0 spiro atoms. The van der Waals surface area contributed by atoms with E-state index in [0.717, 1.165) is 24.8 Å². The maximum atomic E-state index is 13.0. The van der Waals surface area contributed by atoms with Crippen molar-refractivity contribution in [3.05, 3.63) is 47.3 Å². The standard InChI is InChI=1S/C21H26FN3O3/c22-18-8-6-17(7-9-18)14-24-12-13-25(21(28)20(24)27)15-19(26)23-11-10-16-4-2-1-3-5-16/h4,6-9H,1-3,5,10-15H2,(H,23,26). The normalized spacial score (nSPS) is 17.5. The van der Waals surface area contributed by atoms with Gasteiger partial charge in [0.1, 0.15) is 12.4 Å². The van der Waals surface area contributed by atoms with Crippen molar-refractivity contribution in [1.29, 1.82) is 0 Å². The van der Waals surface area contributed by atoms with Gasteiger partial charge in [-0.2, -0.15) is 0 Å². The Labute approximate surface area is 164 Å². The van der Waals surface area contributed by atoms with E-state index in [0.29, 0.717) is 19.6 Å². The van der Waals surface area contributed by atoms with Gasteiger partial charge >= 0.3 is 11.8 Å². The molecule has 0 atom stereocenters. The number of allylic oxidation sites excluding steroid dienone is 1. The third kappa shape index (κ3) is 5.41. The van der Waals surface area contributed by atoms with E-state index in [2.05, 4.69) is 11.4 Å². The first-order valence-corrected chi connectivity index (χ1v) is 9.80. The Morgan fingerprint density at radius 2 is 1.75 bits per heavy atom. The quantitative estimate of drug-likeness (QED) is 0.575. The number of carbonyl (C=O) groups excluding carboxylic acids is 3. The minimum atomic E-state index is -0.668. The van der Waals surface area contributed by atoms with E-state index < -0.39 is 11.8 Å². The summed E-state index contributed by atoms with van der Waals surface area (Å²) in [4.78, 5) is 39.5. The van der Waals surface area contributed by atoms with Crippen LogP contribution in [0, 0.1) is 5.82 Å². The second-order valence-electron chi connectivity index (χ2n) is 7.29. The molecule has 1 N–H and O–H groups in total. The predicted molar refractivity (Wildman–Crippen MR) is 103 cm³/mol. The number of benzene rings is 1. The summed E-state index contributed by atoms with van der Waals surface area (Å²) in [6.07, 6.45) is 7.74. The van der Waals surface area contributed by atoms with E-state index in [9.17, 15) is 18.8 Å². The van der Waals surface area contributed by atoms with Crippen molar-refractivity contribution < 1.29 is 18.8 Å². The van der Waals surface area contributed by atoms with Gasteiger partial charge in [-0.05, 0) is 49.8 Å². The fourth-order valence-electron chi connectivity index (χ4n) is 3.55. The predicted octanol–water partition coefficient (Wildman–Crippen LogP) is 2.00. The van der Waals surface area contributed by atoms with Crippen molar-refractivity contribution in [3.63, 3.8) is 0 Å². The Bertz CT molecular complexity index is 761. The summed E-state index contributed by atoms with van der Waals surface area (Å²) >= 11 is 0. The van der Waals surface area contributed by atoms with Crippen molar-refractivity contribution in [2.24, 2.45) is 0 Å². The number of nitrogens with one attached hydrogen (secondary N) is 1. The number of piperazine rings is 1. The van der Waals surface area contributed by atoms with Gasteiger partial charge in [-0.3, -0.25) is 14.4 Å². The van der Waals surface area contributed by atoms with Crippen LogP contribution >= 0.6 is 0 Å². The van der Waals surface area contributed by atoms with E-state index in [1.807, 2.05) is 0 Å². The van der Waals surface area contributed by atoms with Gasteiger partial charge in [0.05, 0.1) is 0 Å². The Hall–Kier alpha value is -2.70. The summed E-state index contributed by atoms with van der Waals surface area (Å²) in [6, 6.07) is 5.83. The molecule has 1 aromatic rings. The monoisotopic (exact) mass is 387 g/mol. The van der Waals surface area contributed by atoms with Crippen molar-refractivity contribution >= 4 is 17.7 Å². The number of amides is 3. The largest absolute Gasteiger partial charge is 0.354 e. The van der Waals surface area contributed by atoms with Gasteiger partial charge in [-0.1, -0.05) is 23.8 Å². The van der Waals surface area contributed by atoms with Crippen LogP contribution in [-0.4, -0.2) is 53.7 Å². The summed E-state index contributed by atoms with van der Waals surface area (Å²) in [5.74, 6) is -1.89. The molecule has 0 bridgehead atoms. The van der Waals surface area contributed by atoms with Crippen LogP contribution in [0.15, 0.2) is 35.9 Å². The first-order valence-electron chi connectivity index (χ1n) is 9.80. The van der Waals surface area contributed by atoms with E-state index in [-0.39, 0.29) is 24.8 Å². The lowest BCUT2D eigenvalue weighted by atomic mass is 9.97. The van der Waals surface area contributed by atoms with Crippen LogP contribution < -0.4 is 5.32 Å². The highest BCUT2D eigenvalue weighted by molar-refractivity contribution is 6.35. The van der Waals surface area contributed by atoms with Gasteiger partial charge in [0, 0.05) is 26.2 Å². The molecule has 7 heteroatoms. The van der Waals surface area contributed by atoms with Crippen LogP contribution in [0.4, 0.5) is 4.39 Å². The minimum Gasteiger partial charge on any atom is -0.354 e. The molecule has 0 aromatic heterocycles. The number of halogens is 1. The molecule has 28 heavy (non-hydrogen) atoms. The molecule has 1 aliphatic carbocycles. The zero-order chi connectivity index (χ0) is 19.9.